The first-order valence-electron chi connectivity index (χ1n) is 6.04. The molecule has 1 atom stereocenters. The molecule has 0 aliphatic heterocycles. The summed E-state index contributed by atoms with van der Waals surface area (Å²) < 4.78 is 0. The number of nitro groups is 1. The molecule has 1 aromatic carbocycles. The first-order chi connectivity index (χ1) is 9.16. The van der Waals surface area contributed by atoms with E-state index in [0.29, 0.717) is 6.54 Å². The van der Waals surface area contributed by atoms with Crippen LogP contribution in [0.15, 0.2) is 48.7 Å². The van der Waals surface area contributed by atoms with Gasteiger partial charge in [-0.25, -0.2) is 0 Å². The average molecular weight is 257 g/mol. The van der Waals surface area contributed by atoms with Crippen LogP contribution >= 0.6 is 0 Å². The summed E-state index contributed by atoms with van der Waals surface area (Å²) in [7, 11) is 0. The molecule has 2 rings (SSSR count). The van der Waals surface area contributed by atoms with Gasteiger partial charge < -0.3 is 5.32 Å². The van der Waals surface area contributed by atoms with E-state index in [1.54, 1.807) is 18.3 Å². The van der Waals surface area contributed by atoms with Crippen molar-refractivity contribution in [1.29, 1.82) is 0 Å². The maximum Gasteiger partial charge on any atom is 0.269 e. The Kier molecular flexibility index (Phi) is 4.20. The van der Waals surface area contributed by atoms with E-state index in [4.69, 9.17) is 0 Å². The van der Waals surface area contributed by atoms with Crippen molar-refractivity contribution in [2.24, 2.45) is 0 Å². The molecular formula is C14H15N3O2. The summed E-state index contributed by atoms with van der Waals surface area (Å²) in [5.41, 5.74) is 2.10. The molecule has 98 valence electrons. The third kappa shape index (κ3) is 3.59. The SMILES string of the molecule is C[C@H](NCc1ccc([N+](=O)[O-])cc1)c1ccccn1. The van der Waals surface area contributed by atoms with Crippen LogP contribution in [0.3, 0.4) is 0 Å². The molecule has 2 aromatic rings. The summed E-state index contributed by atoms with van der Waals surface area (Å²) >= 11 is 0. The number of pyridine rings is 1. The van der Waals surface area contributed by atoms with Gasteiger partial charge in [0.25, 0.3) is 5.69 Å². The van der Waals surface area contributed by atoms with Gasteiger partial charge in [0.1, 0.15) is 0 Å². The van der Waals surface area contributed by atoms with Crippen LogP contribution in [-0.4, -0.2) is 9.91 Å². The van der Waals surface area contributed by atoms with Crippen LogP contribution in [0.2, 0.25) is 0 Å². The standard InChI is InChI=1S/C14H15N3O2/c1-11(14-4-2-3-9-15-14)16-10-12-5-7-13(8-6-12)17(18)19/h2-9,11,16H,10H2,1H3/t11-/m0/s1. The fourth-order valence-electron chi connectivity index (χ4n) is 1.74. The Bertz CT molecular complexity index is 540. The number of nitrogens with one attached hydrogen (secondary N) is 1. The fraction of sp³-hybridized carbons (Fsp3) is 0.214. The molecule has 5 nitrogen and oxygen atoms in total. The first-order valence-corrected chi connectivity index (χ1v) is 6.04. The van der Waals surface area contributed by atoms with Gasteiger partial charge >= 0.3 is 0 Å². The van der Waals surface area contributed by atoms with Crippen LogP contribution in [0.5, 0.6) is 0 Å². The molecule has 1 N–H and O–H groups in total. The van der Waals surface area contributed by atoms with Crippen molar-refractivity contribution in [2.75, 3.05) is 0 Å². The van der Waals surface area contributed by atoms with Gasteiger partial charge in [0.15, 0.2) is 0 Å². The number of hydrogen-bond acceptors (Lipinski definition) is 4. The number of non-ortho nitro benzene ring substituents is 1. The quantitative estimate of drug-likeness (QED) is 0.660. The lowest BCUT2D eigenvalue weighted by Gasteiger charge is -2.13. The highest BCUT2D eigenvalue weighted by Gasteiger charge is 2.07. The van der Waals surface area contributed by atoms with E-state index in [1.807, 2.05) is 25.1 Å². The lowest BCUT2D eigenvalue weighted by molar-refractivity contribution is -0.384. The third-order valence-corrected chi connectivity index (χ3v) is 2.89. The van der Waals surface area contributed by atoms with Crippen molar-refractivity contribution in [3.63, 3.8) is 0 Å². The second-order valence-electron chi connectivity index (χ2n) is 4.28. The van der Waals surface area contributed by atoms with Crippen LogP contribution in [-0.2, 0) is 6.54 Å². The summed E-state index contributed by atoms with van der Waals surface area (Å²) in [6, 6.07) is 12.5. The van der Waals surface area contributed by atoms with Crippen molar-refractivity contribution in [3.8, 4) is 0 Å². The number of benzene rings is 1. The van der Waals surface area contributed by atoms with Gasteiger partial charge in [-0.15, -0.1) is 0 Å². The average Bonchev–Trinajstić information content (AvgIpc) is 2.46. The van der Waals surface area contributed by atoms with E-state index < -0.39 is 4.92 Å². The number of nitrogens with zero attached hydrogens (tertiary/aromatic N) is 2. The van der Waals surface area contributed by atoms with Crippen molar-refractivity contribution in [2.45, 2.75) is 19.5 Å². The van der Waals surface area contributed by atoms with E-state index in [2.05, 4.69) is 10.3 Å². The molecule has 0 unspecified atom stereocenters. The molecule has 0 amide bonds. The van der Waals surface area contributed by atoms with Gasteiger partial charge in [0, 0.05) is 30.9 Å². The summed E-state index contributed by atoms with van der Waals surface area (Å²) in [6.45, 7) is 2.68. The van der Waals surface area contributed by atoms with Crippen LogP contribution in [0.1, 0.15) is 24.2 Å². The van der Waals surface area contributed by atoms with E-state index in [1.165, 1.54) is 12.1 Å². The van der Waals surface area contributed by atoms with Gasteiger partial charge in [0.2, 0.25) is 0 Å². The Morgan fingerprint density at radius 1 is 1.26 bits per heavy atom. The van der Waals surface area contributed by atoms with Gasteiger partial charge in [-0.3, -0.25) is 15.1 Å². The lowest BCUT2D eigenvalue weighted by Crippen LogP contribution is -2.18. The van der Waals surface area contributed by atoms with Crippen molar-refractivity contribution >= 4 is 5.69 Å². The van der Waals surface area contributed by atoms with Gasteiger partial charge in [-0.05, 0) is 24.6 Å². The van der Waals surface area contributed by atoms with Gasteiger partial charge in [-0.1, -0.05) is 18.2 Å². The fourth-order valence-corrected chi connectivity index (χ4v) is 1.74. The normalized spacial score (nSPS) is 12.1. The van der Waals surface area contributed by atoms with Crippen molar-refractivity contribution < 1.29 is 4.92 Å². The molecular weight excluding hydrogens is 242 g/mol. The number of nitro benzene ring substituents is 1. The predicted molar refractivity (Wildman–Crippen MR) is 72.6 cm³/mol. The molecule has 0 spiro atoms. The van der Waals surface area contributed by atoms with E-state index in [9.17, 15) is 10.1 Å². The number of aromatic nitrogens is 1. The highest BCUT2D eigenvalue weighted by atomic mass is 16.6. The van der Waals surface area contributed by atoms with E-state index in [-0.39, 0.29) is 11.7 Å². The summed E-state index contributed by atoms with van der Waals surface area (Å²) in [5.74, 6) is 0. The zero-order chi connectivity index (χ0) is 13.7. The topological polar surface area (TPSA) is 68.1 Å². The number of rotatable bonds is 5. The monoisotopic (exact) mass is 257 g/mol. The minimum atomic E-state index is -0.395. The Balaban J connectivity index is 1.93. The van der Waals surface area contributed by atoms with Gasteiger partial charge in [-0.2, -0.15) is 0 Å². The molecule has 0 aliphatic carbocycles. The summed E-state index contributed by atoms with van der Waals surface area (Å²) in [5, 5.41) is 13.9. The molecule has 0 bridgehead atoms. The third-order valence-electron chi connectivity index (χ3n) is 2.89. The summed E-state index contributed by atoms with van der Waals surface area (Å²) in [4.78, 5) is 14.4. The van der Waals surface area contributed by atoms with Crippen molar-refractivity contribution in [1.82, 2.24) is 10.3 Å². The maximum atomic E-state index is 10.5. The second kappa shape index (κ2) is 6.06. The lowest BCUT2D eigenvalue weighted by atomic mass is 10.1. The zero-order valence-electron chi connectivity index (χ0n) is 10.6. The molecule has 0 aliphatic rings. The van der Waals surface area contributed by atoms with Crippen LogP contribution in [0, 0.1) is 10.1 Å². The largest absolute Gasteiger partial charge is 0.305 e. The molecule has 0 fully saturated rings. The first kappa shape index (κ1) is 13.2. The Labute approximate surface area is 111 Å². The highest BCUT2D eigenvalue weighted by molar-refractivity contribution is 5.32. The molecule has 0 radical (unpaired) electrons. The highest BCUT2D eigenvalue weighted by Crippen LogP contribution is 2.13. The molecule has 19 heavy (non-hydrogen) atoms. The maximum absolute atomic E-state index is 10.5. The van der Waals surface area contributed by atoms with E-state index in [0.717, 1.165) is 11.3 Å². The number of hydrogen-bond donors (Lipinski definition) is 1. The Hall–Kier alpha value is -2.27. The summed E-state index contributed by atoms with van der Waals surface area (Å²) in [6.07, 6.45) is 1.76. The Morgan fingerprint density at radius 3 is 2.58 bits per heavy atom. The molecule has 5 heteroatoms. The van der Waals surface area contributed by atoms with Gasteiger partial charge in [0.05, 0.1) is 10.6 Å². The van der Waals surface area contributed by atoms with Crippen LogP contribution < -0.4 is 5.32 Å². The van der Waals surface area contributed by atoms with E-state index >= 15 is 0 Å². The molecule has 0 saturated carbocycles. The minimum Gasteiger partial charge on any atom is -0.305 e. The van der Waals surface area contributed by atoms with Crippen molar-refractivity contribution in [3.05, 3.63) is 70.0 Å². The smallest absolute Gasteiger partial charge is 0.269 e. The molecule has 1 heterocycles. The van der Waals surface area contributed by atoms with Crippen LogP contribution in [0.4, 0.5) is 5.69 Å². The predicted octanol–water partition coefficient (Wildman–Crippen LogP) is 2.84. The second-order valence-corrected chi connectivity index (χ2v) is 4.28. The Morgan fingerprint density at radius 2 is 2.00 bits per heavy atom. The minimum absolute atomic E-state index is 0.113. The zero-order valence-corrected chi connectivity index (χ0v) is 10.6. The van der Waals surface area contributed by atoms with Crippen LogP contribution in [0.25, 0.3) is 0 Å². The molecule has 0 saturated heterocycles. The molecule has 1 aromatic heterocycles.